The third-order valence-corrected chi connectivity index (χ3v) is 5.31. The van der Waals surface area contributed by atoms with Crippen molar-refractivity contribution in [2.45, 2.75) is 37.3 Å². The highest BCUT2D eigenvalue weighted by Gasteiger charge is 2.43. The number of aromatic nitrogens is 2. The summed E-state index contributed by atoms with van der Waals surface area (Å²) in [6, 6.07) is 3.39. The third-order valence-electron chi connectivity index (χ3n) is 5.31. The predicted molar refractivity (Wildman–Crippen MR) is 95.5 cm³/mol. The summed E-state index contributed by atoms with van der Waals surface area (Å²) in [6.07, 6.45) is 4.30. The molecule has 1 aliphatic carbocycles. The Morgan fingerprint density at radius 3 is 2.69 bits per heavy atom. The van der Waals surface area contributed by atoms with Gasteiger partial charge in [0, 0.05) is 19.2 Å². The van der Waals surface area contributed by atoms with Gasteiger partial charge in [-0.25, -0.2) is 4.98 Å². The standard InChI is InChI=1S/C18H22N4O4/c1-25-14-9-13-12(16(23)21-10-20-13)8-15(14)26-11-2-4-18(5-3-11)17(24)19-6-7-22-18/h8-11,22H,2-7H2,1H3,(H,19,24)(H,20,21,23). The molecule has 1 aliphatic heterocycles. The minimum atomic E-state index is -0.466. The first kappa shape index (κ1) is 16.8. The van der Waals surface area contributed by atoms with Crippen LogP contribution in [0.4, 0.5) is 0 Å². The lowest BCUT2D eigenvalue weighted by molar-refractivity contribution is -0.131. The smallest absolute Gasteiger partial charge is 0.258 e. The third kappa shape index (κ3) is 2.90. The molecule has 2 aromatic rings. The van der Waals surface area contributed by atoms with Crippen molar-refractivity contribution in [3.63, 3.8) is 0 Å². The van der Waals surface area contributed by atoms with Gasteiger partial charge in [0.2, 0.25) is 5.91 Å². The van der Waals surface area contributed by atoms with E-state index in [4.69, 9.17) is 9.47 Å². The predicted octanol–water partition coefficient (Wildman–Crippen LogP) is 0.711. The largest absolute Gasteiger partial charge is 0.493 e. The summed E-state index contributed by atoms with van der Waals surface area (Å²) in [5.41, 5.74) is -0.121. The van der Waals surface area contributed by atoms with E-state index in [1.165, 1.54) is 6.33 Å². The zero-order chi connectivity index (χ0) is 18.1. The minimum absolute atomic E-state index is 0.0285. The number of piperazine rings is 1. The second-order valence-corrected chi connectivity index (χ2v) is 6.83. The Labute approximate surface area is 150 Å². The number of fused-ring (bicyclic) bond motifs is 1. The number of hydrogen-bond acceptors (Lipinski definition) is 6. The highest BCUT2D eigenvalue weighted by molar-refractivity contribution is 5.87. The number of ether oxygens (including phenoxy) is 2. The quantitative estimate of drug-likeness (QED) is 0.746. The molecule has 3 N–H and O–H groups in total. The summed E-state index contributed by atoms with van der Waals surface area (Å²) >= 11 is 0. The molecular formula is C18H22N4O4. The number of benzene rings is 1. The Balaban J connectivity index is 1.54. The van der Waals surface area contributed by atoms with Gasteiger partial charge >= 0.3 is 0 Å². The molecule has 0 radical (unpaired) electrons. The van der Waals surface area contributed by atoms with Crippen LogP contribution in [0.5, 0.6) is 11.5 Å². The molecule has 1 spiro atoms. The Hall–Kier alpha value is -2.61. The van der Waals surface area contributed by atoms with Gasteiger partial charge in [0.1, 0.15) is 0 Å². The summed E-state index contributed by atoms with van der Waals surface area (Å²) in [5.74, 6) is 1.16. The lowest BCUT2D eigenvalue weighted by Crippen LogP contribution is -2.64. The van der Waals surface area contributed by atoms with E-state index in [9.17, 15) is 9.59 Å². The maximum absolute atomic E-state index is 12.2. The van der Waals surface area contributed by atoms with Gasteiger partial charge in [0.05, 0.1) is 36.0 Å². The van der Waals surface area contributed by atoms with Crippen molar-refractivity contribution >= 4 is 16.8 Å². The first-order chi connectivity index (χ1) is 12.6. The number of aromatic amines is 1. The molecule has 8 nitrogen and oxygen atoms in total. The van der Waals surface area contributed by atoms with E-state index in [0.717, 1.165) is 32.2 Å². The normalized spacial score (nSPS) is 25.9. The average Bonchev–Trinajstić information content (AvgIpc) is 2.66. The van der Waals surface area contributed by atoms with Crippen molar-refractivity contribution in [1.29, 1.82) is 0 Å². The van der Waals surface area contributed by atoms with Gasteiger partial charge in [-0.2, -0.15) is 0 Å². The fraction of sp³-hybridized carbons (Fsp3) is 0.500. The summed E-state index contributed by atoms with van der Waals surface area (Å²) in [5, 5.41) is 6.78. The number of hydrogen-bond donors (Lipinski definition) is 3. The molecule has 2 heterocycles. The molecule has 1 aromatic carbocycles. The van der Waals surface area contributed by atoms with Gasteiger partial charge in [0.15, 0.2) is 11.5 Å². The summed E-state index contributed by atoms with van der Waals surface area (Å²) < 4.78 is 11.6. The number of nitrogens with zero attached hydrogens (tertiary/aromatic N) is 1. The van der Waals surface area contributed by atoms with Gasteiger partial charge in [0.25, 0.3) is 5.56 Å². The number of H-pyrrole nitrogens is 1. The monoisotopic (exact) mass is 358 g/mol. The molecule has 0 bridgehead atoms. The molecule has 8 heteroatoms. The van der Waals surface area contributed by atoms with E-state index in [-0.39, 0.29) is 17.6 Å². The molecule has 0 unspecified atom stereocenters. The SMILES string of the molecule is COc1cc2nc[nH]c(=O)c2cc1OC1CCC2(CC1)NCCNC2=O. The van der Waals surface area contributed by atoms with Crippen LogP contribution in [0.1, 0.15) is 25.7 Å². The van der Waals surface area contributed by atoms with Crippen LogP contribution in [0.3, 0.4) is 0 Å². The number of amides is 1. The van der Waals surface area contributed by atoms with E-state index in [0.29, 0.717) is 28.9 Å². The van der Waals surface area contributed by atoms with Crippen LogP contribution >= 0.6 is 0 Å². The highest BCUT2D eigenvalue weighted by Crippen LogP contribution is 2.36. The fourth-order valence-electron chi connectivity index (χ4n) is 3.84. The molecule has 2 aliphatic rings. The van der Waals surface area contributed by atoms with Gasteiger partial charge in [-0.3, -0.25) is 9.59 Å². The molecule has 1 saturated carbocycles. The van der Waals surface area contributed by atoms with Crippen LogP contribution in [0, 0.1) is 0 Å². The Morgan fingerprint density at radius 1 is 1.15 bits per heavy atom. The first-order valence-corrected chi connectivity index (χ1v) is 8.87. The van der Waals surface area contributed by atoms with Crippen LogP contribution in [-0.4, -0.2) is 47.7 Å². The van der Waals surface area contributed by atoms with Gasteiger partial charge < -0.3 is 25.1 Å². The van der Waals surface area contributed by atoms with Crippen LogP contribution in [-0.2, 0) is 4.79 Å². The van der Waals surface area contributed by atoms with E-state index in [1.54, 1.807) is 19.2 Å². The number of methoxy groups -OCH3 is 1. The van der Waals surface area contributed by atoms with E-state index in [2.05, 4.69) is 20.6 Å². The van der Waals surface area contributed by atoms with Crippen LogP contribution in [0.25, 0.3) is 10.9 Å². The van der Waals surface area contributed by atoms with E-state index >= 15 is 0 Å². The van der Waals surface area contributed by atoms with Crippen molar-refractivity contribution in [2.75, 3.05) is 20.2 Å². The van der Waals surface area contributed by atoms with Crippen molar-refractivity contribution in [3.8, 4) is 11.5 Å². The summed E-state index contributed by atoms with van der Waals surface area (Å²) in [7, 11) is 1.56. The maximum Gasteiger partial charge on any atom is 0.258 e. The Morgan fingerprint density at radius 2 is 1.96 bits per heavy atom. The molecule has 2 fully saturated rings. The average molecular weight is 358 g/mol. The molecule has 1 amide bonds. The highest BCUT2D eigenvalue weighted by atomic mass is 16.5. The molecular weight excluding hydrogens is 336 g/mol. The Kier molecular flexibility index (Phi) is 4.28. The maximum atomic E-state index is 12.2. The number of carbonyl (C=O) groups is 1. The van der Waals surface area contributed by atoms with Crippen molar-refractivity contribution in [3.05, 3.63) is 28.8 Å². The molecule has 1 saturated heterocycles. The summed E-state index contributed by atoms with van der Waals surface area (Å²) in [4.78, 5) is 31.0. The van der Waals surface area contributed by atoms with Crippen molar-refractivity contribution in [2.24, 2.45) is 0 Å². The van der Waals surface area contributed by atoms with Gasteiger partial charge in [-0.15, -0.1) is 0 Å². The second-order valence-electron chi connectivity index (χ2n) is 6.83. The zero-order valence-electron chi connectivity index (χ0n) is 14.6. The summed E-state index contributed by atoms with van der Waals surface area (Å²) in [6.45, 7) is 1.48. The second kappa shape index (κ2) is 6.60. The van der Waals surface area contributed by atoms with Gasteiger partial charge in [-0.05, 0) is 31.7 Å². The van der Waals surface area contributed by atoms with E-state index < -0.39 is 5.54 Å². The molecule has 1 aromatic heterocycles. The zero-order valence-corrected chi connectivity index (χ0v) is 14.6. The lowest BCUT2D eigenvalue weighted by atomic mass is 9.78. The number of rotatable bonds is 3. The molecule has 0 atom stereocenters. The minimum Gasteiger partial charge on any atom is -0.493 e. The number of nitrogens with one attached hydrogen (secondary N) is 3. The van der Waals surface area contributed by atoms with Crippen LogP contribution in [0.15, 0.2) is 23.3 Å². The lowest BCUT2D eigenvalue weighted by Gasteiger charge is -2.42. The van der Waals surface area contributed by atoms with E-state index in [1.807, 2.05) is 0 Å². The Bertz CT molecular complexity index is 886. The van der Waals surface area contributed by atoms with Gasteiger partial charge in [-0.1, -0.05) is 0 Å². The number of carbonyl (C=O) groups excluding carboxylic acids is 1. The molecule has 138 valence electrons. The fourth-order valence-corrected chi connectivity index (χ4v) is 3.84. The first-order valence-electron chi connectivity index (χ1n) is 8.87. The molecule has 4 rings (SSSR count). The topological polar surface area (TPSA) is 105 Å². The van der Waals surface area contributed by atoms with Crippen molar-refractivity contribution < 1.29 is 14.3 Å². The van der Waals surface area contributed by atoms with Crippen LogP contribution in [0.2, 0.25) is 0 Å². The molecule has 26 heavy (non-hydrogen) atoms. The van der Waals surface area contributed by atoms with Crippen LogP contribution < -0.4 is 25.7 Å². The van der Waals surface area contributed by atoms with Crippen molar-refractivity contribution in [1.82, 2.24) is 20.6 Å².